The van der Waals surface area contributed by atoms with Crippen molar-refractivity contribution in [1.82, 2.24) is 4.90 Å². The Morgan fingerprint density at radius 1 is 0.938 bits per heavy atom. The Kier molecular flexibility index (Phi) is 5.88. The number of imide groups is 1. The average molecular weight is 440 g/mol. The van der Waals surface area contributed by atoms with Crippen molar-refractivity contribution in [1.29, 1.82) is 0 Å². The Labute approximate surface area is 186 Å². The molecule has 2 aromatic rings. The van der Waals surface area contributed by atoms with Crippen molar-refractivity contribution in [3.05, 3.63) is 59.5 Å². The van der Waals surface area contributed by atoms with E-state index >= 15 is 0 Å². The number of halogens is 1. The second-order valence-corrected chi connectivity index (χ2v) is 7.85. The van der Waals surface area contributed by atoms with Crippen molar-refractivity contribution in [2.24, 2.45) is 0 Å². The summed E-state index contributed by atoms with van der Waals surface area (Å²) in [7, 11) is 3.01. The van der Waals surface area contributed by atoms with Gasteiger partial charge < -0.3 is 19.1 Å². The predicted octanol–water partition coefficient (Wildman–Crippen LogP) is 3.24. The molecular formula is C24H25FN2O5. The average Bonchev–Trinajstić information content (AvgIpc) is 3.03. The van der Waals surface area contributed by atoms with Gasteiger partial charge >= 0.3 is 0 Å². The second-order valence-electron chi connectivity index (χ2n) is 7.85. The van der Waals surface area contributed by atoms with Gasteiger partial charge in [-0.3, -0.25) is 9.59 Å². The number of amides is 2. The summed E-state index contributed by atoms with van der Waals surface area (Å²) in [6.07, 6.45) is -0.272. The smallest absolute Gasteiger partial charge is 0.282 e. The highest BCUT2D eigenvalue weighted by atomic mass is 19.1. The first kappa shape index (κ1) is 21.8. The number of ether oxygens (including phenoxy) is 3. The number of para-hydroxylation sites is 1. The summed E-state index contributed by atoms with van der Waals surface area (Å²) >= 11 is 0. The van der Waals surface area contributed by atoms with E-state index in [1.807, 2.05) is 18.7 Å². The Morgan fingerprint density at radius 2 is 1.59 bits per heavy atom. The first-order valence-electron chi connectivity index (χ1n) is 10.4. The zero-order chi connectivity index (χ0) is 23.0. The second kappa shape index (κ2) is 8.63. The maximum Gasteiger partial charge on any atom is 0.282 e. The van der Waals surface area contributed by atoms with Crippen LogP contribution in [-0.2, 0) is 14.3 Å². The first-order valence-corrected chi connectivity index (χ1v) is 10.4. The number of nitrogens with zero attached hydrogens (tertiary/aromatic N) is 2. The molecule has 0 radical (unpaired) electrons. The Bertz CT molecular complexity index is 1090. The molecule has 0 N–H and O–H groups in total. The molecule has 7 nitrogen and oxygen atoms in total. The SMILES string of the molecule is COc1ccc(C2=C(N3CC(C)OC(C)C3)C(=O)N(c3ccccc3F)C2=O)cc1OC. The lowest BCUT2D eigenvalue weighted by Crippen LogP contribution is -2.47. The lowest BCUT2D eigenvalue weighted by molar-refractivity contribution is -0.121. The quantitative estimate of drug-likeness (QED) is 0.665. The van der Waals surface area contributed by atoms with Crippen LogP contribution in [0.4, 0.5) is 10.1 Å². The van der Waals surface area contributed by atoms with E-state index in [0.29, 0.717) is 30.2 Å². The van der Waals surface area contributed by atoms with Crippen LogP contribution in [0.1, 0.15) is 19.4 Å². The molecule has 8 heteroatoms. The fourth-order valence-electron chi connectivity index (χ4n) is 4.28. The third kappa shape index (κ3) is 3.71. The Hall–Kier alpha value is -3.39. The number of morpholine rings is 1. The van der Waals surface area contributed by atoms with Crippen molar-refractivity contribution in [2.75, 3.05) is 32.2 Å². The van der Waals surface area contributed by atoms with E-state index < -0.39 is 17.6 Å². The number of hydrogen-bond acceptors (Lipinski definition) is 6. The highest BCUT2D eigenvalue weighted by molar-refractivity contribution is 6.45. The zero-order valence-electron chi connectivity index (χ0n) is 18.4. The lowest BCUT2D eigenvalue weighted by atomic mass is 10.0. The summed E-state index contributed by atoms with van der Waals surface area (Å²) in [5.41, 5.74) is 0.833. The number of anilines is 1. The molecule has 1 fully saturated rings. The van der Waals surface area contributed by atoms with Crippen LogP contribution in [0.15, 0.2) is 48.2 Å². The molecule has 0 saturated carbocycles. The number of methoxy groups -OCH3 is 2. The molecule has 2 aliphatic rings. The van der Waals surface area contributed by atoms with E-state index in [1.54, 1.807) is 24.3 Å². The van der Waals surface area contributed by atoms with E-state index in [2.05, 4.69) is 0 Å². The van der Waals surface area contributed by atoms with Gasteiger partial charge in [0.2, 0.25) is 0 Å². The van der Waals surface area contributed by atoms with Crippen molar-refractivity contribution in [3.63, 3.8) is 0 Å². The van der Waals surface area contributed by atoms with Crippen LogP contribution in [0.3, 0.4) is 0 Å². The molecule has 2 amide bonds. The minimum Gasteiger partial charge on any atom is -0.493 e. The molecule has 32 heavy (non-hydrogen) atoms. The molecule has 2 heterocycles. The van der Waals surface area contributed by atoms with Gasteiger partial charge in [-0.15, -0.1) is 0 Å². The number of hydrogen-bond donors (Lipinski definition) is 0. The van der Waals surface area contributed by atoms with Crippen molar-refractivity contribution in [3.8, 4) is 11.5 Å². The fraction of sp³-hybridized carbons (Fsp3) is 0.333. The van der Waals surface area contributed by atoms with Crippen LogP contribution in [0.5, 0.6) is 11.5 Å². The molecular weight excluding hydrogens is 415 g/mol. The molecule has 4 rings (SSSR count). The number of rotatable bonds is 5. The molecule has 1 saturated heterocycles. The molecule has 2 aliphatic heterocycles. The van der Waals surface area contributed by atoms with E-state index in [1.165, 1.54) is 32.4 Å². The summed E-state index contributed by atoms with van der Waals surface area (Å²) in [6.45, 7) is 4.69. The van der Waals surface area contributed by atoms with Gasteiger partial charge in [-0.25, -0.2) is 9.29 Å². The summed E-state index contributed by atoms with van der Waals surface area (Å²) in [5.74, 6) is -0.883. The normalized spacial score (nSPS) is 21.4. The Morgan fingerprint density at radius 3 is 2.22 bits per heavy atom. The first-order chi connectivity index (χ1) is 15.3. The summed E-state index contributed by atoms with van der Waals surface area (Å²) in [6, 6.07) is 10.8. The van der Waals surface area contributed by atoms with Gasteiger partial charge in [0.25, 0.3) is 11.8 Å². The van der Waals surface area contributed by atoms with Crippen LogP contribution < -0.4 is 14.4 Å². The fourth-order valence-corrected chi connectivity index (χ4v) is 4.28. The number of carbonyl (C=O) groups excluding carboxylic acids is 2. The Balaban J connectivity index is 1.88. The minimum atomic E-state index is -0.647. The van der Waals surface area contributed by atoms with Gasteiger partial charge in [0, 0.05) is 13.1 Å². The highest BCUT2D eigenvalue weighted by Gasteiger charge is 2.44. The molecule has 168 valence electrons. The van der Waals surface area contributed by atoms with Crippen LogP contribution in [0, 0.1) is 5.82 Å². The lowest BCUT2D eigenvalue weighted by Gasteiger charge is -2.37. The van der Waals surface area contributed by atoms with E-state index in [9.17, 15) is 14.0 Å². The van der Waals surface area contributed by atoms with Crippen molar-refractivity contribution in [2.45, 2.75) is 26.1 Å². The molecule has 2 unspecified atom stereocenters. The molecule has 0 aliphatic carbocycles. The van der Waals surface area contributed by atoms with Gasteiger partial charge in [0.15, 0.2) is 11.5 Å². The van der Waals surface area contributed by atoms with Gasteiger partial charge in [0.1, 0.15) is 11.5 Å². The largest absolute Gasteiger partial charge is 0.493 e. The van der Waals surface area contributed by atoms with E-state index in [0.717, 1.165) is 4.90 Å². The third-order valence-electron chi connectivity index (χ3n) is 5.56. The molecule has 2 aromatic carbocycles. The van der Waals surface area contributed by atoms with Crippen molar-refractivity contribution < 1.29 is 28.2 Å². The summed E-state index contributed by atoms with van der Waals surface area (Å²) in [4.78, 5) is 29.9. The zero-order valence-corrected chi connectivity index (χ0v) is 18.4. The maximum atomic E-state index is 14.6. The highest BCUT2D eigenvalue weighted by Crippen LogP contribution is 2.39. The van der Waals surface area contributed by atoms with Crippen LogP contribution >= 0.6 is 0 Å². The third-order valence-corrected chi connectivity index (χ3v) is 5.56. The van der Waals surface area contributed by atoms with Crippen molar-refractivity contribution >= 4 is 23.1 Å². The number of carbonyl (C=O) groups is 2. The molecule has 0 bridgehead atoms. The predicted molar refractivity (Wildman–Crippen MR) is 117 cm³/mol. The van der Waals surface area contributed by atoms with Gasteiger partial charge in [0.05, 0.1) is 37.7 Å². The van der Waals surface area contributed by atoms with Gasteiger partial charge in [-0.1, -0.05) is 18.2 Å². The standard InChI is InChI=1S/C24H25FN2O5/c1-14-12-26(13-15(2)32-14)22-21(16-9-10-19(30-3)20(11-16)31-4)23(28)27(24(22)29)18-8-6-5-7-17(18)25/h5-11,14-15H,12-13H2,1-4H3. The van der Waals surface area contributed by atoms with E-state index in [-0.39, 0.29) is 29.2 Å². The summed E-state index contributed by atoms with van der Waals surface area (Å²) in [5, 5.41) is 0. The molecule has 0 spiro atoms. The summed E-state index contributed by atoms with van der Waals surface area (Å²) < 4.78 is 31.1. The van der Waals surface area contributed by atoms with Crippen LogP contribution in [0.2, 0.25) is 0 Å². The number of benzene rings is 2. The minimum absolute atomic E-state index is 0.0789. The molecule has 2 atom stereocenters. The van der Waals surface area contributed by atoms with Crippen LogP contribution in [-0.4, -0.2) is 56.2 Å². The van der Waals surface area contributed by atoms with E-state index in [4.69, 9.17) is 14.2 Å². The van der Waals surface area contributed by atoms with Crippen LogP contribution in [0.25, 0.3) is 5.57 Å². The monoisotopic (exact) mass is 440 g/mol. The maximum absolute atomic E-state index is 14.6. The van der Waals surface area contributed by atoms with Gasteiger partial charge in [-0.2, -0.15) is 0 Å². The topological polar surface area (TPSA) is 68.3 Å². The molecule has 0 aromatic heterocycles. The van der Waals surface area contributed by atoms with Gasteiger partial charge in [-0.05, 0) is 43.7 Å².